The second-order valence-corrected chi connectivity index (χ2v) is 13.7. The standard InChI is InChI=1S/C32H39N5O3/c38-27(18-21-3-1-4-21)37(25-6-2-5-24(19-25)29-33-26(35-39-29)17-22-7-8-22)20-31-11-14-32(15-12-31,16-13-31)30-34-28(36-40-30)23-9-10-23/h2,5-6,19,21-23H,1,3-4,7-18,20H2. The SMILES string of the molecule is O=C(CC1CCC1)N(CC12CCC(c3nc(C4CC4)no3)(CC1)CC2)c1cccc(-c2nc(CC3CC3)no2)c1. The van der Waals surface area contributed by atoms with Crippen LogP contribution in [0.5, 0.6) is 0 Å². The highest BCUT2D eigenvalue weighted by Crippen LogP contribution is 2.58. The first-order valence-corrected chi connectivity index (χ1v) is 15.6. The van der Waals surface area contributed by atoms with Crippen LogP contribution in [0.2, 0.25) is 0 Å². The molecule has 8 heteroatoms. The number of aromatic nitrogens is 4. The molecule has 6 aliphatic carbocycles. The lowest BCUT2D eigenvalue weighted by Crippen LogP contribution is -2.51. The van der Waals surface area contributed by atoms with Crippen LogP contribution in [0.15, 0.2) is 33.3 Å². The van der Waals surface area contributed by atoms with E-state index in [4.69, 9.17) is 14.0 Å². The van der Waals surface area contributed by atoms with Crippen LogP contribution in [0.25, 0.3) is 11.5 Å². The van der Waals surface area contributed by atoms with Crippen LogP contribution < -0.4 is 4.90 Å². The zero-order valence-electron chi connectivity index (χ0n) is 23.3. The number of carbonyl (C=O) groups is 1. The molecular weight excluding hydrogens is 502 g/mol. The zero-order chi connectivity index (χ0) is 26.7. The molecule has 210 valence electrons. The molecule has 2 bridgehead atoms. The lowest BCUT2D eigenvalue weighted by Gasteiger charge is -2.53. The van der Waals surface area contributed by atoms with Crippen molar-refractivity contribution in [1.82, 2.24) is 20.3 Å². The topological polar surface area (TPSA) is 98.2 Å². The van der Waals surface area contributed by atoms with Crippen molar-refractivity contribution < 1.29 is 13.8 Å². The minimum Gasteiger partial charge on any atom is -0.339 e. The predicted octanol–water partition coefficient (Wildman–Crippen LogP) is 6.76. The van der Waals surface area contributed by atoms with Gasteiger partial charge in [0.15, 0.2) is 11.6 Å². The Morgan fingerprint density at radius 2 is 1.70 bits per heavy atom. The van der Waals surface area contributed by atoms with E-state index < -0.39 is 0 Å². The van der Waals surface area contributed by atoms with Gasteiger partial charge >= 0.3 is 0 Å². The van der Waals surface area contributed by atoms with E-state index in [9.17, 15) is 4.79 Å². The Bertz CT molecular complexity index is 1370. The largest absolute Gasteiger partial charge is 0.339 e. The second-order valence-electron chi connectivity index (χ2n) is 13.7. The smallest absolute Gasteiger partial charge is 0.257 e. The van der Waals surface area contributed by atoms with Crippen molar-refractivity contribution in [2.24, 2.45) is 17.3 Å². The monoisotopic (exact) mass is 541 g/mol. The fourth-order valence-electron chi connectivity index (χ4n) is 7.33. The van der Waals surface area contributed by atoms with Crippen LogP contribution in [0.3, 0.4) is 0 Å². The summed E-state index contributed by atoms with van der Waals surface area (Å²) in [6, 6.07) is 8.20. The van der Waals surface area contributed by atoms with Gasteiger partial charge in [-0.1, -0.05) is 22.8 Å². The summed E-state index contributed by atoms with van der Waals surface area (Å²) >= 11 is 0. The molecule has 0 radical (unpaired) electrons. The van der Waals surface area contributed by atoms with Gasteiger partial charge < -0.3 is 13.9 Å². The van der Waals surface area contributed by atoms with E-state index in [-0.39, 0.29) is 16.7 Å². The molecule has 1 aromatic carbocycles. The summed E-state index contributed by atoms with van der Waals surface area (Å²) < 4.78 is 11.5. The maximum absolute atomic E-state index is 13.9. The Labute approximate surface area is 235 Å². The number of fused-ring (bicyclic) bond motifs is 3. The number of hydrogen-bond donors (Lipinski definition) is 0. The highest BCUT2D eigenvalue weighted by Gasteiger charge is 2.53. The zero-order valence-corrected chi connectivity index (χ0v) is 23.3. The fourth-order valence-corrected chi connectivity index (χ4v) is 7.33. The summed E-state index contributed by atoms with van der Waals surface area (Å²) in [5.74, 6) is 5.13. The van der Waals surface area contributed by atoms with Gasteiger partial charge in [-0.2, -0.15) is 9.97 Å². The first kappa shape index (κ1) is 24.7. The number of rotatable bonds is 10. The highest BCUT2D eigenvalue weighted by atomic mass is 16.5. The molecule has 0 N–H and O–H groups in total. The van der Waals surface area contributed by atoms with Gasteiger partial charge in [0.1, 0.15) is 0 Å². The molecule has 0 atom stereocenters. The first-order valence-electron chi connectivity index (χ1n) is 15.6. The molecule has 0 saturated heterocycles. The van der Waals surface area contributed by atoms with Crippen LogP contribution >= 0.6 is 0 Å². The maximum Gasteiger partial charge on any atom is 0.257 e. The van der Waals surface area contributed by atoms with Crippen LogP contribution in [-0.4, -0.2) is 32.7 Å². The van der Waals surface area contributed by atoms with Gasteiger partial charge in [0.2, 0.25) is 11.8 Å². The minimum atomic E-state index is 0.0265. The van der Waals surface area contributed by atoms with Gasteiger partial charge in [-0.3, -0.25) is 4.79 Å². The van der Waals surface area contributed by atoms with Gasteiger partial charge in [-0.25, -0.2) is 0 Å². The van der Waals surface area contributed by atoms with Crippen molar-refractivity contribution >= 4 is 11.6 Å². The van der Waals surface area contributed by atoms with Crippen LogP contribution in [0.1, 0.15) is 113 Å². The Kier molecular flexibility index (Phi) is 5.89. The van der Waals surface area contributed by atoms with E-state index >= 15 is 0 Å². The molecule has 6 fully saturated rings. The molecule has 0 unspecified atom stereocenters. The number of carbonyl (C=O) groups excluding carboxylic acids is 1. The number of nitrogens with zero attached hydrogens (tertiary/aromatic N) is 5. The van der Waals surface area contributed by atoms with Gasteiger partial charge in [0.25, 0.3) is 5.89 Å². The Morgan fingerprint density at radius 1 is 0.900 bits per heavy atom. The van der Waals surface area contributed by atoms with E-state index in [0.29, 0.717) is 30.1 Å². The second kappa shape index (κ2) is 9.52. The lowest BCUT2D eigenvalue weighted by molar-refractivity contribution is -0.120. The molecule has 2 heterocycles. The summed E-state index contributed by atoms with van der Waals surface area (Å²) in [5, 5.41) is 8.55. The van der Waals surface area contributed by atoms with Crippen LogP contribution in [0, 0.1) is 17.3 Å². The van der Waals surface area contributed by atoms with E-state index in [1.165, 1.54) is 44.9 Å². The van der Waals surface area contributed by atoms with Crippen molar-refractivity contribution in [1.29, 1.82) is 0 Å². The molecule has 0 spiro atoms. The molecule has 0 aliphatic heterocycles. The van der Waals surface area contributed by atoms with Crippen molar-refractivity contribution in [2.75, 3.05) is 11.4 Å². The minimum absolute atomic E-state index is 0.0265. The molecule has 6 aliphatic rings. The van der Waals surface area contributed by atoms with Crippen molar-refractivity contribution in [3.05, 3.63) is 41.8 Å². The van der Waals surface area contributed by atoms with E-state index in [2.05, 4.69) is 32.3 Å². The summed E-state index contributed by atoms with van der Waals surface area (Å²) in [7, 11) is 0. The normalized spacial score (nSPS) is 28.0. The molecule has 6 saturated carbocycles. The van der Waals surface area contributed by atoms with Gasteiger partial charge in [0.05, 0.1) is 0 Å². The average Bonchev–Trinajstić information content (AvgIpc) is 3.88. The summed E-state index contributed by atoms with van der Waals surface area (Å²) in [4.78, 5) is 25.5. The number of hydrogen-bond acceptors (Lipinski definition) is 7. The van der Waals surface area contributed by atoms with E-state index in [1.54, 1.807) is 0 Å². The molecule has 40 heavy (non-hydrogen) atoms. The van der Waals surface area contributed by atoms with E-state index in [1.807, 2.05) is 12.1 Å². The van der Waals surface area contributed by atoms with Crippen molar-refractivity contribution in [3.63, 3.8) is 0 Å². The Balaban J connectivity index is 1.03. The Morgan fingerprint density at radius 3 is 2.40 bits per heavy atom. The lowest BCUT2D eigenvalue weighted by atomic mass is 9.53. The molecular formula is C32H39N5O3. The molecule has 2 aromatic heterocycles. The molecule has 3 aromatic rings. The quantitative estimate of drug-likeness (QED) is 0.279. The average molecular weight is 542 g/mol. The van der Waals surface area contributed by atoms with Crippen LogP contribution in [0.4, 0.5) is 5.69 Å². The van der Waals surface area contributed by atoms with Crippen molar-refractivity contribution in [3.8, 4) is 11.5 Å². The van der Waals surface area contributed by atoms with Crippen molar-refractivity contribution in [2.45, 2.75) is 108 Å². The van der Waals surface area contributed by atoms with Gasteiger partial charge in [-0.15, -0.1) is 0 Å². The summed E-state index contributed by atoms with van der Waals surface area (Å²) in [5.41, 5.74) is 2.00. The number of benzene rings is 1. The third-order valence-electron chi connectivity index (χ3n) is 10.8. The molecule has 1 amide bonds. The third-order valence-corrected chi connectivity index (χ3v) is 10.8. The highest BCUT2D eigenvalue weighted by molar-refractivity contribution is 5.94. The predicted molar refractivity (Wildman–Crippen MR) is 149 cm³/mol. The van der Waals surface area contributed by atoms with Gasteiger partial charge in [-0.05, 0) is 112 Å². The molecule has 9 rings (SSSR count). The molecule has 8 nitrogen and oxygen atoms in total. The van der Waals surface area contributed by atoms with Crippen LogP contribution in [-0.2, 0) is 16.6 Å². The maximum atomic E-state index is 13.9. The fraction of sp³-hybridized carbons (Fsp3) is 0.656. The number of anilines is 1. The number of amides is 1. The van der Waals surface area contributed by atoms with E-state index in [0.717, 1.165) is 80.3 Å². The summed E-state index contributed by atoms with van der Waals surface area (Å²) in [6.45, 7) is 0.770. The van der Waals surface area contributed by atoms with Gasteiger partial charge in [0, 0.05) is 42.0 Å². The first-order chi connectivity index (χ1) is 19.6. The Hall–Kier alpha value is -3.03. The summed E-state index contributed by atoms with van der Waals surface area (Å²) in [6.07, 6.45) is 16.5. The third kappa shape index (κ3) is 4.67.